The molecule has 266 valence electrons. The average molecular weight is 715 g/mol. The van der Waals surface area contributed by atoms with Gasteiger partial charge in [0, 0.05) is 11.1 Å². The molecular formula is C49H38N4O2. The van der Waals surface area contributed by atoms with Gasteiger partial charge in [0.15, 0.2) is 0 Å². The van der Waals surface area contributed by atoms with Crippen LogP contribution in [-0.2, 0) is 14.9 Å². The zero-order valence-electron chi connectivity index (χ0n) is 31.2. The molecule has 2 aliphatic carbocycles. The van der Waals surface area contributed by atoms with Crippen LogP contribution < -0.4 is 0 Å². The Hall–Kier alpha value is -6.40. The summed E-state index contributed by atoms with van der Waals surface area (Å²) in [5.74, 6) is 1.21. The van der Waals surface area contributed by atoms with Crippen molar-refractivity contribution < 1.29 is 9.47 Å². The lowest BCUT2D eigenvalue weighted by atomic mass is 9.69. The van der Waals surface area contributed by atoms with E-state index in [4.69, 9.17) is 19.4 Å². The normalized spacial score (nSPS) is 17.5. The van der Waals surface area contributed by atoms with Gasteiger partial charge in [0.1, 0.15) is 22.6 Å². The van der Waals surface area contributed by atoms with Gasteiger partial charge in [-0.2, -0.15) is 0 Å². The van der Waals surface area contributed by atoms with Crippen molar-refractivity contribution in [2.24, 2.45) is 9.98 Å². The van der Waals surface area contributed by atoms with Crippen molar-refractivity contribution in [3.05, 3.63) is 167 Å². The minimum Gasteiger partial charge on any atom is -0.468 e. The lowest BCUT2D eigenvalue weighted by Gasteiger charge is -2.31. The SMILES string of the molecule is CC1(C)CN=C(c2cccc(-c3ccc4c(c3)C3(c5ccccc5-c5ccccc53)c3c-4ccc4cc(-c5cccc(C6=NCC(C)(C)O6)n5)ccc34)n2)O1. The number of aromatic nitrogens is 2. The number of hydrogen-bond acceptors (Lipinski definition) is 6. The van der Waals surface area contributed by atoms with E-state index in [0.29, 0.717) is 24.9 Å². The maximum Gasteiger partial charge on any atom is 0.236 e. The fourth-order valence-electron chi connectivity index (χ4n) is 9.17. The Bertz CT molecular complexity index is 2800. The van der Waals surface area contributed by atoms with Crippen molar-refractivity contribution in [3.8, 4) is 44.8 Å². The molecule has 4 aliphatic rings. The molecule has 11 rings (SSSR count). The molecule has 0 radical (unpaired) electrons. The molecule has 2 aromatic heterocycles. The molecule has 0 N–H and O–H groups in total. The first kappa shape index (κ1) is 32.1. The average Bonchev–Trinajstić information content (AvgIpc) is 3.94. The van der Waals surface area contributed by atoms with Gasteiger partial charge in [-0.1, -0.05) is 97.1 Å². The Morgan fingerprint density at radius 2 is 0.964 bits per heavy atom. The molecule has 55 heavy (non-hydrogen) atoms. The van der Waals surface area contributed by atoms with Gasteiger partial charge in [-0.25, -0.2) is 20.0 Å². The molecule has 4 heterocycles. The van der Waals surface area contributed by atoms with E-state index in [-0.39, 0.29) is 11.2 Å². The Kier molecular flexibility index (Phi) is 6.59. The first-order chi connectivity index (χ1) is 26.7. The second kappa shape index (κ2) is 11.3. The van der Waals surface area contributed by atoms with Crippen molar-refractivity contribution in [2.45, 2.75) is 44.3 Å². The van der Waals surface area contributed by atoms with Crippen LogP contribution in [0.1, 0.15) is 61.3 Å². The number of hydrogen-bond donors (Lipinski definition) is 0. The highest BCUT2D eigenvalue weighted by atomic mass is 16.5. The Labute approximate surface area is 320 Å². The third kappa shape index (κ3) is 4.73. The number of nitrogens with zero attached hydrogens (tertiary/aromatic N) is 4. The van der Waals surface area contributed by atoms with E-state index in [1.54, 1.807) is 0 Å². The Morgan fingerprint density at radius 1 is 0.455 bits per heavy atom. The third-order valence-corrected chi connectivity index (χ3v) is 11.5. The first-order valence-corrected chi connectivity index (χ1v) is 19.0. The highest BCUT2D eigenvalue weighted by Gasteiger charge is 2.52. The van der Waals surface area contributed by atoms with Crippen LogP contribution >= 0.6 is 0 Å². The molecule has 6 nitrogen and oxygen atoms in total. The molecule has 5 aromatic carbocycles. The summed E-state index contributed by atoms with van der Waals surface area (Å²) >= 11 is 0. The van der Waals surface area contributed by atoms with Crippen molar-refractivity contribution >= 4 is 22.6 Å². The van der Waals surface area contributed by atoms with E-state index >= 15 is 0 Å². The van der Waals surface area contributed by atoms with Crippen LogP contribution in [-0.4, -0.2) is 46.1 Å². The van der Waals surface area contributed by atoms with E-state index in [1.165, 1.54) is 55.3 Å². The summed E-state index contributed by atoms with van der Waals surface area (Å²) in [7, 11) is 0. The van der Waals surface area contributed by atoms with Crippen LogP contribution in [0.2, 0.25) is 0 Å². The van der Waals surface area contributed by atoms with Gasteiger partial charge in [-0.3, -0.25) is 0 Å². The number of ether oxygens (including phenoxy) is 2. The predicted octanol–water partition coefficient (Wildman–Crippen LogP) is 10.4. The van der Waals surface area contributed by atoms with Gasteiger partial charge >= 0.3 is 0 Å². The second-order valence-corrected chi connectivity index (χ2v) is 16.3. The Balaban J connectivity index is 1.10. The molecule has 1 spiro atoms. The van der Waals surface area contributed by atoms with Crippen LogP contribution in [0.3, 0.4) is 0 Å². The van der Waals surface area contributed by atoms with E-state index in [2.05, 4.69) is 153 Å². The van der Waals surface area contributed by atoms with E-state index in [1.807, 2.05) is 18.2 Å². The lowest BCUT2D eigenvalue weighted by molar-refractivity contribution is 0.130. The second-order valence-electron chi connectivity index (χ2n) is 16.3. The van der Waals surface area contributed by atoms with E-state index in [0.717, 1.165) is 33.9 Å². The molecule has 0 saturated carbocycles. The largest absolute Gasteiger partial charge is 0.468 e. The van der Waals surface area contributed by atoms with Crippen LogP contribution in [0.15, 0.2) is 143 Å². The van der Waals surface area contributed by atoms with Gasteiger partial charge in [0.25, 0.3) is 0 Å². The quantitative estimate of drug-likeness (QED) is 0.182. The summed E-state index contributed by atoms with van der Waals surface area (Å²) in [5, 5.41) is 2.40. The third-order valence-electron chi connectivity index (χ3n) is 11.5. The number of rotatable bonds is 4. The summed E-state index contributed by atoms with van der Waals surface area (Å²) in [4.78, 5) is 19.5. The molecule has 0 fully saturated rings. The summed E-state index contributed by atoms with van der Waals surface area (Å²) < 4.78 is 12.3. The van der Waals surface area contributed by atoms with Gasteiger partial charge < -0.3 is 9.47 Å². The molecular weight excluding hydrogens is 677 g/mol. The van der Waals surface area contributed by atoms with Gasteiger partial charge in [-0.15, -0.1) is 0 Å². The van der Waals surface area contributed by atoms with Gasteiger partial charge in [0.05, 0.1) is 29.9 Å². The zero-order valence-corrected chi connectivity index (χ0v) is 31.2. The minimum atomic E-state index is -0.530. The fourth-order valence-corrected chi connectivity index (χ4v) is 9.17. The van der Waals surface area contributed by atoms with Crippen molar-refractivity contribution in [1.82, 2.24) is 9.97 Å². The molecule has 2 aliphatic heterocycles. The van der Waals surface area contributed by atoms with Crippen molar-refractivity contribution in [2.75, 3.05) is 13.1 Å². The minimum absolute atomic E-state index is 0.320. The predicted molar refractivity (Wildman–Crippen MR) is 220 cm³/mol. The highest BCUT2D eigenvalue weighted by Crippen LogP contribution is 2.64. The maximum atomic E-state index is 6.18. The van der Waals surface area contributed by atoms with Crippen LogP contribution in [0.5, 0.6) is 0 Å². The summed E-state index contributed by atoms with van der Waals surface area (Å²) in [6, 6.07) is 48.4. The van der Waals surface area contributed by atoms with Crippen LogP contribution in [0.25, 0.3) is 55.5 Å². The summed E-state index contributed by atoms with van der Waals surface area (Å²) in [6.07, 6.45) is 0. The molecule has 0 unspecified atom stereocenters. The molecule has 0 bridgehead atoms. The maximum absolute atomic E-state index is 6.18. The zero-order chi connectivity index (χ0) is 37.1. The smallest absolute Gasteiger partial charge is 0.236 e. The molecule has 7 aromatic rings. The van der Waals surface area contributed by atoms with Gasteiger partial charge in [-0.05, 0) is 119 Å². The molecule has 0 atom stereocenters. The Morgan fingerprint density at radius 3 is 1.55 bits per heavy atom. The monoisotopic (exact) mass is 714 g/mol. The van der Waals surface area contributed by atoms with E-state index in [9.17, 15) is 0 Å². The van der Waals surface area contributed by atoms with E-state index < -0.39 is 5.41 Å². The fraction of sp³-hybridized carbons (Fsp3) is 0.184. The van der Waals surface area contributed by atoms with Crippen LogP contribution in [0.4, 0.5) is 0 Å². The summed E-state index contributed by atoms with van der Waals surface area (Å²) in [6.45, 7) is 9.47. The topological polar surface area (TPSA) is 69.0 Å². The molecule has 6 heteroatoms. The molecule has 0 amide bonds. The van der Waals surface area contributed by atoms with Gasteiger partial charge in [0.2, 0.25) is 11.8 Å². The summed E-state index contributed by atoms with van der Waals surface area (Å²) in [5.41, 5.74) is 14.5. The molecule has 0 saturated heterocycles. The van der Waals surface area contributed by atoms with Crippen LogP contribution in [0, 0.1) is 0 Å². The number of benzene rings is 5. The number of fused-ring (bicyclic) bond motifs is 12. The standard InChI is InChI=1S/C49H38N4O2/c1-47(2)27-50-45(54-47)42-17-9-15-40(52-42)30-20-22-32-29(25-30)19-24-36-35-23-21-31(41-16-10-18-43(53-41)46-51-28-48(3,4)55-46)26-39(35)49(44(32)36)37-13-7-5-11-33(37)34-12-6-8-14-38(34)49/h5-26H,27-28H2,1-4H3. The first-order valence-electron chi connectivity index (χ1n) is 19.0. The highest BCUT2D eigenvalue weighted by molar-refractivity contribution is 6.05. The number of pyridine rings is 2. The van der Waals surface area contributed by atoms with Crippen molar-refractivity contribution in [3.63, 3.8) is 0 Å². The number of aliphatic imine (C=N–C) groups is 2. The lowest BCUT2D eigenvalue weighted by Crippen LogP contribution is -2.26. The van der Waals surface area contributed by atoms with Crippen molar-refractivity contribution in [1.29, 1.82) is 0 Å².